The third-order valence-corrected chi connectivity index (χ3v) is 6.12. The molecule has 0 aliphatic rings. The predicted molar refractivity (Wildman–Crippen MR) is 143 cm³/mol. The van der Waals surface area contributed by atoms with Crippen LogP contribution in [0.4, 0.5) is 0 Å². The van der Waals surface area contributed by atoms with Crippen molar-refractivity contribution in [3.63, 3.8) is 0 Å². The number of aryl methyl sites for hydroxylation is 1. The summed E-state index contributed by atoms with van der Waals surface area (Å²) in [5.41, 5.74) is 4.12. The van der Waals surface area contributed by atoms with Gasteiger partial charge in [-0.1, -0.05) is 121 Å². The van der Waals surface area contributed by atoms with Crippen molar-refractivity contribution in [3.8, 4) is 22.4 Å². The van der Waals surface area contributed by atoms with E-state index in [1.54, 1.807) is 7.05 Å². The number of carbonyl (C=O) groups is 1. The third kappa shape index (κ3) is 4.59. The van der Waals surface area contributed by atoms with Gasteiger partial charge in [0.2, 0.25) is 0 Å². The number of nitrogens with one attached hydrogen (secondary N) is 1. The van der Waals surface area contributed by atoms with Gasteiger partial charge >= 0.3 is 0 Å². The van der Waals surface area contributed by atoms with Crippen LogP contribution in [0, 0.1) is 0 Å². The highest BCUT2D eigenvalue weighted by atomic mass is 16.2. The van der Waals surface area contributed by atoms with Crippen molar-refractivity contribution in [2.45, 2.75) is 6.04 Å². The maximum absolute atomic E-state index is 14.0. The number of aromatic nitrogens is 2. The monoisotopic (exact) mass is 471 g/mol. The molecule has 1 N–H and O–H groups in total. The van der Waals surface area contributed by atoms with Crippen molar-refractivity contribution in [1.82, 2.24) is 15.1 Å². The molecule has 36 heavy (non-hydrogen) atoms. The zero-order chi connectivity index (χ0) is 24.9. The lowest BCUT2D eigenvalue weighted by atomic mass is 9.94. The summed E-state index contributed by atoms with van der Waals surface area (Å²) in [4.78, 5) is 27.5. The number of amides is 1. The largest absolute Gasteiger partial charge is 0.341 e. The maximum atomic E-state index is 14.0. The van der Waals surface area contributed by atoms with E-state index in [4.69, 9.17) is 0 Å². The standard InChI is InChI=1S/C31H25N3O2/c1-34-31(36)27(26(22-14-6-2-7-15-22)29(33-34)25-20-12-5-13-21-25)30(35)32-28(23-16-8-3-9-17-23)24-18-10-4-11-19-24/h2-21,28H,1H3,(H,32,35). The summed E-state index contributed by atoms with van der Waals surface area (Å²) in [5.74, 6) is -0.452. The van der Waals surface area contributed by atoms with Gasteiger partial charge in [-0.3, -0.25) is 9.59 Å². The second-order valence-corrected chi connectivity index (χ2v) is 8.49. The maximum Gasteiger partial charge on any atom is 0.280 e. The first-order valence-corrected chi connectivity index (χ1v) is 11.8. The van der Waals surface area contributed by atoms with Crippen LogP contribution in [0.1, 0.15) is 27.5 Å². The van der Waals surface area contributed by atoms with Crippen molar-refractivity contribution in [2.24, 2.45) is 7.05 Å². The molecule has 0 spiro atoms. The molecule has 5 aromatic rings. The van der Waals surface area contributed by atoms with Crippen molar-refractivity contribution in [2.75, 3.05) is 0 Å². The van der Waals surface area contributed by atoms with Gasteiger partial charge in [0.25, 0.3) is 11.5 Å². The molecule has 1 amide bonds. The summed E-state index contributed by atoms with van der Waals surface area (Å²) in [5, 5.41) is 7.72. The molecule has 5 rings (SSSR count). The Bertz CT molecular complexity index is 1490. The molecular formula is C31H25N3O2. The Morgan fingerprint density at radius 1 is 0.694 bits per heavy atom. The summed E-state index contributed by atoms with van der Waals surface area (Å²) >= 11 is 0. The fourth-order valence-corrected chi connectivity index (χ4v) is 4.38. The lowest BCUT2D eigenvalue weighted by Gasteiger charge is -2.22. The van der Waals surface area contributed by atoms with E-state index in [-0.39, 0.29) is 5.56 Å². The Hall–Kier alpha value is -4.77. The summed E-state index contributed by atoms with van der Waals surface area (Å²) < 4.78 is 1.24. The van der Waals surface area contributed by atoms with E-state index in [0.717, 1.165) is 22.3 Å². The zero-order valence-corrected chi connectivity index (χ0v) is 19.8. The fourth-order valence-electron chi connectivity index (χ4n) is 4.38. The molecule has 0 unspecified atom stereocenters. The van der Waals surface area contributed by atoms with Gasteiger partial charge in [0.15, 0.2) is 0 Å². The molecule has 0 fully saturated rings. The SMILES string of the molecule is Cn1nc(-c2ccccc2)c(-c2ccccc2)c(C(=O)NC(c2ccccc2)c2ccccc2)c1=O. The minimum absolute atomic E-state index is 0.0643. The van der Waals surface area contributed by atoms with E-state index < -0.39 is 17.5 Å². The van der Waals surface area contributed by atoms with Gasteiger partial charge < -0.3 is 5.32 Å². The number of benzene rings is 4. The lowest BCUT2D eigenvalue weighted by Crippen LogP contribution is -2.37. The lowest BCUT2D eigenvalue weighted by molar-refractivity contribution is 0.0941. The minimum atomic E-state index is -0.453. The average Bonchev–Trinajstić information content (AvgIpc) is 2.94. The van der Waals surface area contributed by atoms with Gasteiger partial charge in [-0.15, -0.1) is 0 Å². The van der Waals surface area contributed by atoms with Crippen LogP contribution in [0.15, 0.2) is 126 Å². The quantitative estimate of drug-likeness (QED) is 0.349. The number of hydrogen-bond donors (Lipinski definition) is 1. The first-order chi connectivity index (χ1) is 17.6. The molecule has 0 saturated heterocycles. The molecular weight excluding hydrogens is 446 g/mol. The van der Waals surface area contributed by atoms with Crippen LogP contribution in [0.3, 0.4) is 0 Å². The average molecular weight is 472 g/mol. The summed E-state index contributed by atoms with van der Waals surface area (Å²) in [6.07, 6.45) is 0. The number of nitrogens with zero attached hydrogens (tertiary/aromatic N) is 2. The van der Waals surface area contributed by atoms with Gasteiger partial charge in [0.05, 0.1) is 11.7 Å². The molecule has 1 heterocycles. The highest BCUT2D eigenvalue weighted by Gasteiger charge is 2.27. The van der Waals surface area contributed by atoms with Gasteiger partial charge in [-0.2, -0.15) is 5.10 Å². The Morgan fingerprint density at radius 3 is 1.64 bits per heavy atom. The minimum Gasteiger partial charge on any atom is -0.341 e. The van der Waals surface area contributed by atoms with Crippen LogP contribution in [0.5, 0.6) is 0 Å². The molecule has 0 aliphatic carbocycles. The van der Waals surface area contributed by atoms with E-state index >= 15 is 0 Å². The fraction of sp³-hybridized carbons (Fsp3) is 0.0645. The molecule has 1 aromatic heterocycles. The van der Waals surface area contributed by atoms with Gasteiger partial charge in [0, 0.05) is 18.2 Å². The third-order valence-electron chi connectivity index (χ3n) is 6.12. The van der Waals surface area contributed by atoms with Crippen LogP contribution in [-0.4, -0.2) is 15.7 Å². The molecule has 0 bridgehead atoms. The van der Waals surface area contributed by atoms with Crippen molar-refractivity contribution in [3.05, 3.63) is 148 Å². The Morgan fingerprint density at radius 2 is 1.14 bits per heavy atom. The Kier molecular flexibility index (Phi) is 6.54. The molecule has 5 nitrogen and oxygen atoms in total. The predicted octanol–water partition coefficient (Wildman–Crippen LogP) is 5.63. The van der Waals surface area contributed by atoms with E-state index in [0.29, 0.717) is 11.3 Å². The van der Waals surface area contributed by atoms with Gasteiger partial charge in [0.1, 0.15) is 5.56 Å². The van der Waals surface area contributed by atoms with Gasteiger partial charge in [-0.05, 0) is 16.7 Å². The van der Waals surface area contributed by atoms with Crippen LogP contribution in [0.25, 0.3) is 22.4 Å². The molecule has 0 atom stereocenters. The van der Waals surface area contributed by atoms with E-state index in [1.165, 1.54) is 4.68 Å². The molecule has 0 radical (unpaired) electrons. The van der Waals surface area contributed by atoms with Crippen LogP contribution in [-0.2, 0) is 7.05 Å². The van der Waals surface area contributed by atoms with Crippen LogP contribution in [0.2, 0.25) is 0 Å². The number of hydrogen-bond acceptors (Lipinski definition) is 3. The first kappa shape index (κ1) is 23.0. The summed E-state index contributed by atoms with van der Waals surface area (Å²) in [6.45, 7) is 0. The highest BCUT2D eigenvalue weighted by molar-refractivity contribution is 6.04. The zero-order valence-electron chi connectivity index (χ0n) is 19.8. The van der Waals surface area contributed by atoms with Crippen LogP contribution < -0.4 is 10.9 Å². The first-order valence-electron chi connectivity index (χ1n) is 11.8. The highest BCUT2D eigenvalue weighted by Crippen LogP contribution is 2.32. The van der Waals surface area contributed by atoms with E-state index in [9.17, 15) is 9.59 Å². The van der Waals surface area contributed by atoms with Crippen molar-refractivity contribution in [1.29, 1.82) is 0 Å². The normalized spacial score (nSPS) is 10.8. The van der Waals surface area contributed by atoms with E-state index in [2.05, 4.69) is 10.4 Å². The summed E-state index contributed by atoms with van der Waals surface area (Å²) in [6, 6.07) is 38.1. The topological polar surface area (TPSA) is 64.0 Å². The smallest absolute Gasteiger partial charge is 0.280 e. The van der Waals surface area contributed by atoms with Crippen LogP contribution >= 0.6 is 0 Å². The van der Waals surface area contributed by atoms with Gasteiger partial charge in [-0.25, -0.2) is 4.68 Å². The molecule has 0 saturated carbocycles. The Balaban J connectivity index is 1.70. The van der Waals surface area contributed by atoms with Crippen molar-refractivity contribution >= 4 is 5.91 Å². The Labute approximate surface area is 209 Å². The number of carbonyl (C=O) groups excluding carboxylic acids is 1. The number of rotatable bonds is 6. The summed E-state index contributed by atoms with van der Waals surface area (Å²) in [7, 11) is 1.58. The molecule has 5 heteroatoms. The molecule has 4 aromatic carbocycles. The second-order valence-electron chi connectivity index (χ2n) is 8.49. The van der Waals surface area contributed by atoms with E-state index in [1.807, 2.05) is 121 Å². The second kappa shape index (κ2) is 10.2. The molecule has 176 valence electrons. The molecule has 0 aliphatic heterocycles. The van der Waals surface area contributed by atoms with Crippen molar-refractivity contribution < 1.29 is 4.79 Å².